The molecule has 2 aromatic heterocycles. The molecule has 0 aliphatic rings. The summed E-state index contributed by atoms with van der Waals surface area (Å²) in [5.41, 5.74) is -4.60. The van der Waals surface area contributed by atoms with Gasteiger partial charge in [-0.2, -0.15) is 8.78 Å². The van der Waals surface area contributed by atoms with Crippen molar-refractivity contribution in [3.8, 4) is 16.9 Å². The zero-order valence-electron chi connectivity index (χ0n) is 18.7. The number of rotatable bonds is 7. The standard InChI is InChI=1S/C23H16F7N5O2/c1-13-32-33-34-35(13)12-21(36,18-8-5-16(24)10-19(18)25)22(26,27)20-9-4-15(11-31-20)14-2-6-17(7-3-14)37-23(28,29)30/h2-11,36H,12H2,1H3. The predicted molar refractivity (Wildman–Crippen MR) is 113 cm³/mol. The summed E-state index contributed by atoms with van der Waals surface area (Å²) < 4.78 is 102. The third kappa shape index (κ3) is 5.23. The maximum atomic E-state index is 15.9. The summed E-state index contributed by atoms with van der Waals surface area (Å²) in [6.07, 6.45) is -3.87. The smallest absolute Gasteiger partial charge is 0.406 e. The summed E-state index contributed by atoms with van der Waals surface area (Å²) in [6.45, 7) is 0.364. The van der Waals surface area contributed by atoms with E-state index < -0.39 is 53.1 Å². The number of nitrogens with zero attached hydrogens (tertiary/aromatic N) is 5. The molecule has 0 saturated heterocycles. The molecule has 1 atom stereocenters. The molecule has 37 heavy (non-hydrogen) atoms. The first-order valence-corrected chi connectivity index (χ1v) is 10.4. The first kappa shape index (κ1) is 26.0. The Morgan fingerprint density at radius 1 is 0.919 bits per heavy atom. The van der Waals surface area contributed by atoms with Crippen LogP contribution in [0.3, 0.4) is 0 Å². The van der Waals surface area contributed by atoms with Gasteiger partial charge in [-0.1, -0.05) is 18.2 Å². The topological polar surface area (TPSA) is 86.0 Å². The molecule has 1 N–H and O–H groups in total. The molecule has 1 unspecified atom stereocenters. The largest absolute Gasteiger partial charge is 0.573 e. The molecule has 0 amide bonds. The lowest BCUT2D eigenvalue weighted by molar-refractivity contribution is -0.274. The first-order chi connectivity index (χ1) is 17.3. The van der Waals surface area contributed by atoms with Gasteiger partial charge in [0.1, 0.15) is 28.9 Å². The van der Waals surface area contributed by atoms with Crippen molar-refractivity contribution in [1.29, 1.82) is 0 Å². The number of aryl methyl sites for hydroxylation is 1. The Morgan fingerprint density at radius 3 is 2.14 bits per heavy atom. The number of halogens is 7. The molecular weight excluding hydrogens is 511 g/mol. The Bertz CT molecular complexity index is 1390. The van der Waals surface area contributed by atoms with Crippen molar-refractivity contribution in [3.63, 3.8) is 0 Å². The van der Waals surface area contributed by atoms with Gasteiger partial charge in [0.05, 0.1) is 6.54 Å². The Hall–Kier alpha value is -4.07. The minimum atomic E-state index is -4.88. The summed E-state index contributed by atoms with van der Waals surface area (Å²) in [5, 5.41) is 21.7. The average Bonchev–Trinajstić information content (AvgIpc) is 3.22. The zero-order chi connectivity index (χ0) is 27.0. The highest BCUT2D eigenvalue weighted by atomic mass is 19.4. The molecule has 0 aliphatic heterocycles. The second-order valence-electron chi connectivity index (χ2n) is 7.95. The molecule has 0 bridgehead atoms. The van der Waals surface area contributed by atoms with Crippen molar-refractivity contribution in [1.82, 2.24) is 25.2 Å². The minimum absolute atomic E-state index is 0.0398. The van der Waals surface area contributed by atoms with Crippen LogP contribution in [0.1, 0.15) is 17.1 Å². The summed E-state index contributed by atoms with van der Waals surface area (Å²) >= 11 is 0. The lowest BCUT2D eigenvalue weighted by Gasteiger charge is -2.36. The van der Waals surface area contributed by atoms with Crippen LogP contribution in [-0.2, 0) is 18.1 Å². The Morgan fingerprint density at radius 2 is 1.59 bits per heavy atom. The minimum Gasteiger partial charge on any atom is -0.406 e. The maximum absolute atomic E-state index is 15.9. The zero-order valence-corrected chi connectivity index (χ0v) is 18.7. The number of aliphatic hydroxyl groups is 1. The number of aromatic nitrogens is 5. The molecule has 2 aromatic carbocycles. The summed E-state index contributed by atoms with van der Waals surface area (Å²) in [4.78, 5) is 3.72. The molecule has 0 radical (unpaired) electrons. The van der Waals surface area contributed by atoms with Crippen LogP contribution in [0.15, 0.2) is 60.8 Å². The van der Waals surface area contributed by atoms with E-state index in [9.17, 15) is 27.1 Å². The van der Waals surface area contributed by atoms with Crippen LogP contribution >= 0.6 is 0 Å². The van der Waals surface area contributed by atoms with Gasteiger partial charge in [-0.25, -0.2) is 13.5 Å². The van der Waals surface area contributed by atoms with Gasteiger partial charge in [-0.3, -0.25) is 4.98 Å². The lowest BCUT2D eigenvalue weighted by Crippen LogP contribution is -2.48. The summed E-state index contributed by atoms with van der Waals surface area (Å²) in [5.74, 6) is -7.16. The van der Waals surface area contributed by atoms with Crippen LogP contribution in [0.5, 0.6) is 5.75 Å². The van der Waals surface area contributed by atoms with Gasteiger partial charge in [-0.05, 0) is 53.2 Å². The lowest BCUT2D eigenvalue weighted by atomic mass is 9.84. The van der Waals surface area contributed by atoms with Gasteiger partial charge < -0.3 is 9.84 Å². The average molecular weight is 527 g/mol. The van der Waals surface area contributed by atoms with E-state index in [2.05, 4.69) is 25.2 Å². The molecule has 2 heterocycles. The molecule has 194 valence electrons. The Balaban J connectivity index is 1.70. The number of hydrogen-bond acceptors (Lipinski definition) is 6. The molecule has 7 nitrogen and oxygen atoms in total. The number of ether oxygens (including phenoxy) is 1. The molecule has 4 rings (SSSR count). The number of alkyl halides is 5. The molecular formula is C23H16F7N5O2. The van der Waals surface area contributed by atoms with E-state index in [1.807, 2.05) is 0 Å². The van der Waals surface area contributed by atoms with Crippen LogP contribution in [-0.4, -0.2) is 36.7 Å². The highest BCUT2D eigenvalue weighted by Crippen LogP contribution is 2.47. The highest BCUT2D eigenvalue weighted by molar-refractivity contribution is 5.63. The van der Waals surface area contributed by atoms with Crippen LogP contribution in [0, 0.1) is 18.6 Å². The summed E-state index contributed by atoms with van der Waals surface area (Å²) in [6, 6.07) is 8.43. The van der Waals surface area contributed by atoms with E-state index in [1.54, 1.807) is 0 Å². The van der Waals surface area contributed by atoms with E-state index in [-0.39, 0.29) is 11.4 Å². The molecule has 0 fully saturated rings. The van der Waals surface area contributed by atoms with Crippen molar-refractivity contribution in [2.24, 2.45) is 0 Å². The SMILES string of the molecule is Cc1nnnn1CC(O)(c1ccc(F)cc1F)C(F)(F)c1ccc(-c2ccc(OC(F)(F)F)cc2)cn1. The Kier molecular flexibility index (Phi) is 6.62. The van der Waals surface area contributed by atoms with Gasteiger partial charge in [0, 0.05) is 23.4 Å². The fourth-order valence-electron chi connectivity index (χ4n) is 3.60. The fraction of sp³-hybridized carbons (Fsp3) is 0.217. The van der Waals surface area contributed by atoms with Crippen LogP contribution in [0.4, 0.5) is 30.7 Å². The fourth-order valence-corrected chi connectivity index (χ4v) is 3.60. The van der Waals surface area contributed by atoms with E-state index >= 15 is 8.78 Å². The maximum Gasteiger partial charge on any atom is 0.573 e. The molecule has 0 spiro atoms. The molecule has 0 saturated carbocycles. The van der Waals surface area contributed by atoms with Gasteiger partial charge in [-0.15, -0.1) is 18.3 Å². The monoisotopic (exact) mass is 527 g/mol. The van der Waals surface area contributed by atoms with Crippen molar-refractivity contribution in [2.75, 3.05) is 0 Å². The Labute approximate surface area is 204 Å². The van der Waals surface area contributed by atoms with Gasteiger partial charge >= 0.3 is 12.3 Å². The summed E-state index contributed by atoms with van der Waals surface area (Å²) in [7, 11) is 0. The second-order valence-corrected chi connectivity index (χ2v) is 7.95. The van der Waals surface area contributed by atoms with Crippen molar-refractivity contribution in [2.45, 2.75) is 31.4 Å². The number of tetrazole rings is 1. The predicted octanol–water partition coefficient (Wildman–Crippen LogP) is 4.90. The van der Waals surface area contributed by atoms with E-state index in [4.69, 9.17) is 0 Å². The highest BCUT2D eigenvalue weighted by Gasteiger charge is 2.58. The molecule has 14 heteroatoms. The van der Waals surface area contributed by atoms with Crippen molar-refractivity contribution < 1.29 is 40.6 Å². The molecule has 4 aromatic rings. The van der Waals surface area contributed by atoms with Crippen molar-refractivity contribution in [3.05, 3.63) is 89.5 Å². The molecule has 0 aliphatic carbocycles. The third-order valence-electron chi connectivity index (χ3n) is 5.49. The number of benzene rings is 2. The van der Waals surface area contributed by atoms with Gasteiger partial charge in [0.25, 0.3) is 0 Å². The van der Waals surface area contributed by atoms with E-state index in [0.29, 0.717) is 23.8 Å². The van der Waals surface area contributed by atoms with Gasteiger partial charge in [0.15, 0.2) is 5.60 Å². The normalized spacial score (nSPS) is 13.9. The van der Waals surface area contributed by atoms with Crippen LogP contribution < -0.4 is 4.74 Å². The second kappa shape index (κ2) is 9.42. The van der Waals surface area contributed by atoms with E-state index in [0.717, 1.165) is 29.1 Å². The van der Waals surface area contributed by atoms with E-state index in [1.165, 1.54) is 25.1 Å². The van der Waals surface area contributed by atoms with Crippen LogP contribution in [0.2, 0.25) is 0 Å². The number of hydrogen-bond donors (Lipinski definition) is 1. The number of pyridine rings is 1. The first-order valence-electron chi connectivity index (χ1n) is 10.4. The third-order valence-corrected chi connectivity index (χ3v) is 5.49. The van der Waals surface area contributed by atoms with Gasteiger partial charge in [0.2, 0.25) is 0 Å². The van der Waals surface area contributed by atoms with Crippen molar-refractivity contribution >= 4 is 0 Å². The quantitative estimate of drug-likeness (QED) is 0.344. The van der Waals surface area contributed by atoms with Crippen LogP contribution in [0.25, 0.3) is 11.1 Å².